The first kappa shape index (κ1) is 11.5. The minimum absolute atomic E-state index is 0.0226. The number of rotatable bonds is 1. The van der Waals surface area contributed by atoms with Crippen LogP contribution in [0, 0.1) is 6.92 Å². The topological polar surface area (TPSA) is 63.1 Å². The summed E-state index contributed by atoms with van der Waals surface area (Å²) in [6.07, 6.45) is 4.97. The van der Waals surface area contributed by atoms with Gasteiger partial charge in [-0.1, -0.05) is 30.3 Å². The molecule has 1 aromatic heterocycles. The van der Waals surface area contributed by atoms with Crippen LogP contribution in [0.25, 0.3) is 11.6 Å². The van der Waals surface area contributed by atoms with Crippen LogP contribution in [0.3, 0.4) is 0 Å². The molecule has 2 aromatic rings. The first-order chi connectivity index (χ1) is 9.16. The summed E-state index contributed by atoms with van der Waals surface area (Å²) < 4.78 is 4.73. The lowest BCUT2D eigenvalue weighted by Gasteiger charge is -2.12. The van der Waals surface area contributed by atoms with Gasteiger partial charge in [0.25, 0.3) is 0 Å². The van der Waals surface area contributed by atoms with E-state index in [1.54, 1.807) is 25.1 Å². The molecule has 19 heavy (non-hydrogen) atoms. The van der Waals surface area contributed by atoms with Gasteiger partial charge in [-0.3, -0.25) is 4.79 Å². The fourth-order valence-corrected chi connectivity index (χ4v) is 2.13. The molecule has 0 fully saturated rings. The molecule has 4 nitrogen and oxygen atoms in total. The van der Waals surface area contributed by atoms with Crippen LogP contribution >= 0.6 is 0 Å². The fraction of sp³-hybridized carbons (Fsp3) is 0.0667. The highest BCUT2D eigenvalue weighted by molar-refractivity contribution is 6.14. The number of hydrogen-bond acceptors (Lipinski definition) is 3. The van der Waals surface area contributed by atoms with E-state index in [-0.39, 0.29) is 5.78 Å². The van der Waals surface area contributed by atoms with E-state index < -0.39 is 5.63 Å². The summed E-state index contributed by atoms with van der Waals surface area (Å²) in [5.74, 6) is -0.0226. The van der Waals surface area contributed by atoms with Crippen LogP contribution in [0.1, 0.15) is 27.2 Å². The van der Waals surface area contributed by atoms with Crippen molar-refractivity contribution in [3.05, 3.63) is 69.2 Å². The number of aromatic amines is 1. The van der Waals surface area contributed by atoms with Crippen molar-refractivity contribution in [2.45, 2.75) is 6.92 Å². The number of aromatic nitrogens is 1. The van der Waals surface area contributed by atoms with E-state index in [0.29, 0.717) is 16.8 Å². The van der Waals surface area contributed by atoms with Crippen LogP contribution < -0.4 is 5.63 Å². The first-order valence-electron chi connectivity index (χ1n) is 5.88. The molecule has 0 unspecified atom stereocenters. The van der Waals surface area contributed by atoms with E-state index in [2.05, 4.69) is 5.16 Å². The third-order valence-electron chi connectivity index (χ3n) is 3.14. The van der Waals surface area contributed by atoms with E-state index in [1.165, 1.54) is 6.08 Å². The number of carbonyl (C=O) groups is 1. The molecule has 1 heterocycles. The quantitative estimate of drug-likeness (QED) is 0.849. The lowest BCUT2D eigenvalue weighted by Crippen LogP contribution is -2.05. The molecule has 0 radical (unpaired) electrons. The van der Waals surface area contributed by atoms with Gasteiger partial charge in [-0.2, -0.15) is 0 Å². The molecule has 0 amide bonds. The van der Waals surface area contributed by atoms with Crippen molar-refractivity contribution in [2.75, 3.05) is 0 Å². The molecule has 0 atom stereocenters. The summed E-state index contributed by atoms with van der Waals surface area (Å²) in [6.45, 7) is 1.76. The molecule has 0 spiro atoms. The maximum absolute atomic E-state index is 11.8. The Labute approximate surface area is 109 Å². The number of hydrogen-bond donors (Lipinski definition) is 1. The van der Waals surface area contributed by atoms with E-state index in [4.69, 9.17) is 4.52 Å². The number of aryl methyl sites for hydroxylation is 1. The zero-order chi connectivity index (χ0) is 13.4. The molecular formula is C15H11NO3. The van der Waals surface area contributed by atoms with Gasteiger partial charge >= 0.3 is 5.63 Å². The predicted octanol–water partition coefficient (Wildman–Crippen LogP) is 2.57. The van der Waals surface area contributed by atoms with Gasteiger partial charge in [-0.25, -0.2) is 9.95 Å². The molecule has 0 aliphatic heterocycles. The second-order valence-corrected chi connectivity index (χ2v) is 4.37. The maximum atomic E-state index is 11.8. The van der Waals surface area contributed by atoms with Gasteiger partial charge in [0.2, 0.25) is 0 Å². The molecule has 1 aliphatic rings. The van der Waals surface area contributed by atoms with Gasteiger partial charge in [0, 0.05) is 5.56 Å². The second-order valence-electron chi connectivity index (χ2n) is 4.37. The van der Waals surface area contributed by atoms with E-state index in [0.717, 1.165) is 11.1 Å². The van der Waals surface area contributed by atoms with Crippen molar-refractivity contribution >= 4 is 17.4 Å². The van der Waals surface area contributed by atoms with Crippen LogP contribution in [0.4, 0.5) is 0 Å². The molecular weight excluding hydrogens is 242 g/mol. The smallest absolute Gasteiger partial charge is 0.338 e. The highest BCUT2D eigenvalue weighted by Gasteiger charge is 2.16. The van der Waals surface area contributed by atoms with Crippen molar-refractivity contribution in [1.82, 2.24) is 5.16 Å². The van der Waals surface area contributed by atoms with Crippen LogP contribution in [0.15, 0.2) is 45.7 Å². The lowest BCUT2D eigenvalue weighted by molar-refractivity contribution is 0.104. The zero-order valence-corrected chi connectivity index (χ0v) is 10.3. The molecule has 1 aliphatic carbocycles. The van der Waals surface area contributed by atoms with E-state index >= 15 is 0 Å². The van der Waals surface area contributed by atoms with Gasteiger partial charge in [0.1, 0.15) is 0 Å². The normalized spacial score (nSPS) is 15.8. The summed E-state index contributed by atoms with van der Waals surface area (Å²) in [4.78, 5) is 23.3. The third kappa shape index (κ3) is 1.87. The number of ketones is 1. The van der Waals surface area contributed by atoms with Crippen LogP contribution in [0.5, 0.6) is 0 Å². The van der Waals surface area contributed by atoms with Crippen LogP contribution in [-0.2, 0) is 0 Å². The van der Waals surface area contributed by atoms with Crippen molar-refractivity contribution in [3.8, 4) is 0 Å². The summed E-state index contributed by atoms with van der Waals surface area (Å²) >= 11 is 0. The molecule has 0 saturated heterocycles. The Bertz CT molecular complexity index is 775. The highest BCUT2D eigenvalue weighted by Crippen LogP contribution is 2.27. The Kier molecular flexibility index (Phi) is 2.56. The predicted molar refractivity (Wildman–Crippen MR) is 71.8 cm³/mol. The molecule has 0 saturated carbocycles. The summed E-state index contributed by atoms with van der Waals surface area (Å²) in [5.41, 5.74) is 3.03. The van der Waals surface area contributed by atoms with Gasteiger partial charge in [-0.05, 0) is 30.2 Å². The number of fused-ring (bicyclic) bond motifs is 1. The van der Waals surface area contributed by atoms with Crippen LogP contribution in [0.2, 0.25) is 0 Å². The Morgan fingerprint density at radius 3 is 2.53 bits per heavy atom. The first-order valence-corrected chi connectivity index (χ1v) is 5.88. The van der Waals surface area contributed by atoms with Gasteiger partial charge in [0.15, 0.2) is 5.78 Å². The molecule has 94 valence electrons. The highest BCUT2D eigenvalue weighted by atomic mass is 16.5. The molecule has 0 bridgehead atoms. The lowest BCUT2D eigenvalue weighted by atomic mass is 9.91. The second kappa shape index (κ2) is 4.24. The van der Waals surface area contributed by atoms with E-state index in [1.807, 2.05) is 18.2 Å². The SMILES string of the molecule is Cc1[nH]oc(=O)c1/C=C1\C=CC(=O)c2ccccc21. The van der Waals surface area contributed by atoms with Crippen molar-refractivity contribution in [2.24, 2.45) is 0 Å². The largest absolute Gasteiger partial charge is 0.364 e. The number of carbonyl (C=O) groups excluding carboxylic acids is 1. The Morgan fingerprint density at radius 1 is 1.11 bits per heavy atom. The minimum atomic E-state index is -0.409. The van der Waals surface area contributed by atoms with Crippen LogP contribution in [-0.4, -0.2) is 10.9 Å². The fourth-order valence-electron chi connectivity index (χ4n) is 2.13. The molecule has 3 rings (SSSR count). The Balaban J connectivity index is 2.20. The zero-order valence-electron chi connectivity index (χ0n) is 10.3. The summed E-state index contributed by atoms with van der Waals surface area (Å²) in [5, 5.41) is 2.54. The maximum Gasteiger partial charge on any atom is 0.364 e. The van der Waals surface area contributed by atoms with Gasteiger partial charge in [0.05, 0.1) is 11.3 Å². The van der Waals surface area contributed by atoms with Crippen molar-refractivity contribution < 1.29 is 9.32 Å². The minimum Gasteiger partial charge on any atom is -0.338 e. The average Bonchev–Trinajstić information content (AvgIpc) is 2.74. The average molecular weight is 253 g/mol. The Hall–Kier alpha value is -2.62. The monoisotopic (exact) mass is 253 g/mol. The number of nitrogens with one attached hydrogen (secondary N) is 1. The number of benzene rings is 1. The van der Waals surface area contributed by atoms with Gasteiger partial charge in [-0.15, -0.1) is 0 Å². The Morgan fingerprint density at radius 2 is 1.84 bits per heavy atom. The van der Waals surface area contributed by atoms with Crippen molar-refractivity contribution in [3.63, 3.8) is 0 Å². The standard InChI is InChI=1S/C15H11NO3/c1-9-13(15(18)19-16-9)8-10-6-7-14(17)12-5-3-2-4-11(10)12/h2-8,16H,1H3/b10-8+. The summed E-state index contributed by atoms with van der Waals surface area (Å²) in [7, 11) is 0. The molecule has 1 aromatic carbocycles. The third-order valence-corrected chi connectivity index (χ3v) is 3.14. The van der Waals surface area contributed by atoms with E-state index in [9.17, 15) is 9.59 Å². The molecule has 1 N–H and O–H groups in total. The van der Waals surface area contributed by atoms with Crippen molar-refractivity contribution in [1.29, 1.82) is 0 Å². The van der Waals surface area contributed by atoms with Gasteiger partial charge < -0.3 is 4.52 Å². The number of allylic oxidation sites excluding steroid dienone is 3. The molecule has 4 heteroatoms. The summed E-state index contributed by atoms with van der Waals surface area (Å²) in [6, 6.07) is 7.34. The number of H-pyrrole nitrogens is 1.